The number of benzene rings is 2. The third kappa shape index (κ3) is 4.22. The van der Waals surface area contributed by atoms with E-state index in [2.05, 4.69) is 21.8 Å². The van der Waals surface area contributed by atoms with Gasteiger partial charge in [-0.3, -0.25) is 4.79 Å². The summed E-state index contributed by atoms with van der Waals surface area (Å²) >= 11 is 0. The first-order valence-electron chi connectivity index (χ1n) is 9.95. The molecule has 1 fully saturated rings. The van der Waals surface area contributed by atoms with Crippen LogP contribution in [-0.4, -0.2) is 28.8 Å². The van der Waals surface area contributed by atoms with Gasteiger partial charge in [-0.25, -0.2) is 9.07 Å². The standard InChI is InChI=1S/C23H25FN4O/c1-15-11-16(2)13-19(12-15)27-23(29)21-14-26-28(20-5-3-18(24)4-6-20)22(21)17-7-9-25-10-8-17/h3-6,11-14,17,25H,7-10H2,1-2H3,(H,27,29). The Morgan fingerprint density at radius 1 is 1.10 bits per heavy atom. The zero-order valence-electron chi connectivity index (χ0n) is 16.7. The molecule has 1 aromatic heterocycles. The molecule has 2 aromatic carbocycles. The maximum atomic E-state index is 13.4. The highest BCUT2D eigenvalue weighted by Gasteiger charge is 2.27. The van der Waals surface area contributed by atoms with E-state index in [0.717, 1.165) is 54.1 Å². The monoisotopic (exact) mass is 392 g/mol. The Kier molecular flexibility index (Phi) is 5.45. The molecule has 2 N–H and O–H groups in total. The lowest BCUT2D eigenvalue weighted by Gasteiger charge is -2.24. The number of nitrogens with zero attached hydrogens (tertiary/aromatic N) is 2. The van der Waals surface area contributed by atoms with Gasteiger partial charge in [-0.15, -0.1) is 0 Å². The van der Waals surface area contributed by atoms with Crippen LogP contribution in [0.5, 0.6) is 0 Å². The minimum absolute atomic E-state index is 0.170. The number of carbonyl (C=O) groups excluding carboxylic acids is 1. The first kappa shape index (κ1) is 19.3. The first-order chi connectivity index (χ1) is 14.0. The molecule has 6 heteroatoms. The lowest BCUT2D eigenvalue weighted by molar-refractivity contribution is 0.102. The van der Waals surface area contributed by atoms with Crippen LogP contribution < -0.4 is 10.6 Å². The van der Waals surface area contributed by atoms with Crippen molar-refractivity contribution in [2.45, 2.75) is 32.6 Å². The zero-order chi connectivity index (χ0) is 20.4. The van der Waals surface area contributed by atoms with E-state index in [0.29, 0.717) is 5.56 Å². The van der Waals surface area contributed by atoms with Gasteiger partial charge in [0.15, 0.2) is 0 Å². The number of piperidine rings is 1. The third-order valence-electron chi connectivity index (χ3n) is 5.33. The van der Waals surface area contributed by atoms with Crippen LogP contribution >= 0.6 is 0 Å². The van der Waals surface area contributed by atoms with E-state index in [-0.39, 0.29) is 17.6 Å². The Morgan fingerprint density at radius 3 is 2.41 bits per heavy atom. The molecule has 0 unspecified atom stereocenters. The van der Waals surface area contributed by atoms with Crippen molar-refractivity contribution in [3.8, 4) is 5.69 Å². The number of carbonyl (C=O) groups is 1. The first-order valence-corrected chi connectivity index (χ1v) is 9.95. The van der Waals surface area contributed by atoms with Crippen molar-refractivity contribution < 1.29 is 9.18 Å². The van der Waals surface area contributed by atoms with Gasteiger partial charge in [-0.05, 0) is 87.3 Å². The SMILES string of the molecule is Cc1cc(C)cc(NC(=O)c2cnn(-c3ccc(F)cc3)c2C2CCNCC2)c1. The minimum atomic E-state index is -0.294. The van der Waals surface area contributed by atoms with E-state index in [1.807, 2.05) is 26.0 Å². The van der Waals surface area contributed by atoms with Crippen LogP contribution in [0.4, 0.5) is 10.1 Å². The van der Waals surface area contributed by atoms with Gasteiger partial charge in [0.25, 0.3) is 5.91 Å². The second-order valence-corrected chi connectivity index (χ2v) is 7.69. The molecule has 1 aliphatic heterocycles. The van der Waals surface area contributed by atoms with Gasteiger partial charge < -0.3 is 10.6 Å². The van der Waals surface area contributed by atoms with Crippen molar-refractivity contribution >= 4 is 11.6 Å². The van der Waals surface area contributed by atoms with E-state index in [9.17, 15) is 9.18 Å². The fraction of sp³-hybridized carbons (Fsp3) is 0.304. The third-order valence-corrected chi connectivity index (χ3v) is 5.33. The minimum Gasteiger partial charge on any atom is -0.322 e. The summed E-state index contributed by atoms with van der Waals surface area (Å²) in [6.07, 6.45) is 3.48. The lowest BCUT2D eigenvalue weighted by atomic mass is 9.91. The molecule has 0 bridgehead atoms. The van der Waals surface area contributed by atoms with Crippen molar-refractivity contribution in [1.29, 1.82) is 0 Å². The quantitative estimate of drug-likeness (QED) is 0.694. The van der Waals surface area contributed by atoms with Crippen molar-refractivity contribution in [2.24, 2.45) is 0 Å². The number of aromatic nitrogens is 2. The summed E-state index contributed by atoms with van der Waals surface area (Å²) < 4.78 is 15.2. The molecular weight excluding hydrogens is 367 g/mol. The number of amides is 1. The van der Waals surface area contributed by atoms with Gasteiger partial charge in [-0.2, -0.15) is 5.10 Å². The molecule has 5 nitrogen and oxygen atoms in total. The summed E-state index contributed by atoms with van der Waals surface area (Å²) in [4.78, 5) is 13.2. The van der Waals surface area contributed by atoms with Gasteiger partial charge >= 0.3 is 0 Å². The molecule has 1 amide bonds. The fourth-order valence-corrected chi connectivity index (χ4v) is 4.05. The molecule has 1 aliphatic rings. The molecule has 0 radical (unpaired) electrons. The van der Waals surface area contributed by atoms with Crippen LogP contribution in [0.1, 0.15) is 45.9 Å². The summed E-state index contributed by atoms with van der Waals surface area (Å²) in [5.41, 5.74) is 5.19. The average Bonchev–Trinajstić information content (AvgIpc) is 3.13. The van der Waals surface area contributed by atoms with Crippen molar-refractivity contribution in [2.75, 3.05) is 18.4 Å². The Bertz CT molecular complexity index is 1000. The molecule has 3 aromatic rings. The topological polar surface area (TPSA) is 59.0 Å². The highest BCUT2D eigenvalue weighted by molar-refractivity contribution is 6.05. The smallest absolute Gasteiger partial charge is 0.259 e. The molecular formula is C23H25FN4O. The predicted molar refractivity (Wildman–Crippen MR) is 112 cm³/mol. The number of nitrogens with one attached hydrogen (secondary N) is 2. The predicted octanol–water partition coefficient (Wildman–Crippen LogP) is 4.35. The van der Waals surface area contributed by atoms with Gasteiger partial charge in [0, 0.05) is 11.6 Å². The number of hydrogen-bond donors (Lipinski definition) is 2. The van der Waals surface area contributed by atoms with E-state index >= 15 is 0 Å². The summed E-state index contributed by atoms with van der Waals surface area (Å²) in [6, 6.07) is 12.2. The van der Waals surface area contributed by atoms with Gasteiger partial charge in [0.2, 0.25) is 0 Å². The van der Waals surface area contributed by atoms with E-state index in [1.165, 1.54) is 12.1 Å². The normalized spacial score (nSPS) is 14.7. The van der Waals surface area contributed by atoms with E-state index < -0.39 is 0 Å². The Balaban J connectivity index is 1.72. The summed E-state index contributed by atoms with van der Waals surface area (Å²) in [5, 5.41) is 10.9. The molecule has 2 heterocycles. The molecule has 150 valence electrons. The van der Waals surface area contributed by atoms with E-state index in [1.54, 1.807) is 23.0 Å². The maximum Gasteiger partial charge on any atom is 0.259 e. The molecule has 4 rings (SSSR count). The number of aryl methyl sites for hydroxylation is 2. The Labute approximate surface area is 169 Å². The molecule has 0 saturated carbocycles. The van der Waals surface area contributed by atoms with Gasteiger partial charge in [0.1, 0.15) is 5.82 Å². The average molecular weight is 392 g/mol. The number of rotatable bonds is 4. The van der Waals surface area contributed by atoms with Crippen molar-refractivity contribution in [1.82, 2.24) is 15.1 Å². The largest absolute Gasteiger partial charge is 0.322 e. The van der Waals surface area contributed by atoms with Crippen LogP contribution in [0.25, 0.3) is 5.69 Å². The van der Waals surface area contributed by atoms with Gasteiger partial charge in [-0.1, -0.05) is 6.07 Å². The Morgan fingerprint density at radius 2 is 1.76 bits per heavy atom. The van der Waals surface area contributed by atoms with Gasteiger partial charge in [0.05, 0.1) is 23.1 Å². The second-order valence-electron chi connectivity index (χ2n) is 7.69. The van der Waals surface area contributed by atoms with E-state index in [4.69, 9.17) is 0 Å². The molecule has 0 spiro atoms. The van der Waals surface area contributed by atoms with Crippen LogP contribution in [-0.2, 0) is 0 Å². The number of halogens is 1. The highest BCUT2D eigenvalue weighted by atomic mass is 19.1. The highest BCUT2D eigenvalue weighted by Crippen LogP contribution is 2.31. The summed E-state index contributed by atoms with van der Waals surface area (Å²) in [6.45, 7) is 5.82. The van der Waals surface area contributed by atoms with Crippen LogP contribution in [0.3, 0.4) is 0 Å². The van der Waals surface area contributed by atoms with Crippen molar-refractivity contribution in [3.63, 3.8) is 0 Å². The van der Waals surface area contributed by atoms with Crippen LogP contribution in [0.15, 0.2) is 48.7 Å². The lowest BCUT2D eigenvalue weighted by Crippen LogP contribution is -2.29. The maximum absolute atomic E-state index is 13.4. The summed E-state index contributed by atoms with van der Waals surface area (Å²) in [7, 11) is 0. The van der Waals surface area contributed by atoms with Crippen LogP contribution in [0.2, 0.25) is 0 Å². The number of hydrogen-bond acceptors (Lipinski definition) is 3. The van der Waals surface area contributed by atoms with Crippen molar-refractivity contribution in [3.05, 3.63) is 76.9 Å². The summed E-state index contributed by atoms with van der Waals surface area (Å²) in [5.74, 6) is -0.252. The number of anilines is 1. The fourth-order valence-electron chi connectivity index (χ4n) is 4.05. The zero-order valence-corrected chi connectivity index (χ0v) is 16.7. The molecule has 29 heavy (non-hydrogen) atoms. The molecule has 0 atom stereocenters. The Hall–Kier alpha value is -2.99. The second kappa shape index (κ2) is 8.17. The molecule has 0 aliphatic carbocycles. The molecule has 1 saturated heterocycles. The van der Waals surface area contributed by atoms with Crippen LogP contribution in [0, 0.1) is 19.7 Å².